The van der Waals surface area contributed by atoms with Crippen molar-refractivity contribution in [2.24, 2.45) is 11.8 Å². The maximum atomic E-state index is 2.66. The smallest absolute Gasteiger partial charge is 0.0334 e. The molecule has 0 saturated carbocycles. The van der Waals surface area contributed by atoms with Crippen LogP contribution in [-0.4, -0.2) is 69.6 Å². The first kappa shape index (κ1) is 28.9. The minimum Gasteiger partial charge on any atom is -0.296 e. The number of piperidine rings is 1. The number of likely N-dealkylation sites (tertiary alicyclic amines) is 1. The predicted molar refractivity (Wildman–Crippen MR) is 140 cm³/mol. The number of hydrogen-bond donors (Lipinski definition) is 0. The van der Waals surface area contributed by atoms with Gasteiger partial charge in [-0.05, 0) is 115 Å². The lowest BCUT2D eigenvalue weighted by molar-refractivity contribution is -0.132. The van der Waals surface area contributed by atoms with Gasteiger partial charge in [-0.3, -0.25) is 14.7 Å². The van der Waals surface area contributed by atoms with Crippen LogP contribution < -0.4 is 0 Å². The average Bonchev–Trinajstić information content (AvgIpc) is 2.63. The van der Waals surface area contributed by atoms with Crippen molar-refractivity contribution in [2.75, 3.05) is 27.2 Å². The summed E-state index contributed by atoms with van der Waals surface area (Å²) in [6, 6.07) is 0. The highest BCUT2D eigenvalue weighted by Gasteiger charge is 2.53. The normalized spacial score (nSPS) is 32.2. The van der Waals surface area contributed by atoms with Crippen LogP contribution in [0.25, 0.3) is 0 Å². The van der Waals surface area contributed by atoms with Crippen LogP contribution in [0.3, 0.4) is 0 Å². The van der Waals surface area contributed by atoms with E-state index in [1.54, 1.807) is 0 Å². The monoisotopic (exact) mass is 437 g/mol. The van der Waals surface area contributed by atoms with Crippen molar-refractivity contribution in [2.45, 2.75) is 143 Å². The van der Waals surface area contributed by atoms with E-state index >= 15 is 0 Å². The molecular formula is C28H59N3. The minimum atomic E-state index is 0.198. The van der Waals surface area contributed by atoms with Crippen LogP contribution in [0.15, 0.2) is 0 Å². The molecule has 2 aliphatic heterocycles. The van der Waals surface area contributed by atoms with E-state index in [0.29, 0.717) is 11.1 Å². The van der Waals surface area contributed by atoms with E-state index in [0.717, 1.165) is 18.4 Å². The molecule has 2 fully saturated rings. The van der Waals surface area contributed by atoms with Crippen molar-refractivity contribution >= 4 is 0 Å². The fourth-order valence-electron chi connectivity index (χ4n) is 6.29. The van der Waals surface area contributed by atoms with Gasteiger partial charge in [-0.25, -0.2) is 0 Å². The Labute approximate surface area is 197 Å². The largest absolute Gasteiger partial charge is 0.296 e. The van der Waals surface area contributed by atoms with Gasteiger partial charge < -0.3 is 0 Å². The number of rotatable bonds is 4. The first-order valence-corrected chi connectivity index (χ1v) is 13.0. The topological polar surface area (TPSA) is 9.72 Å². The molecule has 0 aromatic heterocycles. The van der Waals surface area contributed by atoms with E-state index < -0.39 is 0 Å². The van der Waals surface area contributed by atoms with Gasteiger partial charge in [0.25, 0.3) is 0 Å². The van der Waals surface area contributed by atoms with Crippen LogP contribution in [0, 0.1) is 11.8 Å². The summed E-state index contributed by atoms with van der Waals surface area (Å²) in [7, 11) is 4.56. The zero-order chi connectivity index (χ0) is 24.6. The number of nitrogens with zero attached hydrogens (tertiary/aromatic N) is 3. The fourth-order valence-corrected chi connectivity index (χ4v) is 6.29. The van der Waals surface area contributed by atoms with Crippen LogP contribution in [0.1, 0.15) is 116 Å². The molecule has 0 radical (unpaired) electrons. The van der Waals surface area contributed by atoms with Crippen LogP contribution in [0.2, 0.25) is 0 Å². The van der Waals surface area contributed by atoms with Gasteiger partial charge in [0.05, 0.1) is 0 Å². The summed E-state index contributed by atoms with van der Waals surface area (Å²) in [5.74, 6) is 1.70. The first-order chi connectivity index (χ1) is 13.8. The lowest BCUT2D eigenvalue weighted by Crippen LogP contribution is -2.76. The Hall–Kier alpha value is -0.120. The lowest BCUT2D eigenvalue weighted by Gasteiger charge is -2.64. The molecular weight excluding hydrogens is 378 g/mol. The number of hydrogen-bond acceptors (Lipinski definition) is 3. The predicted octanol–water partition coefficient (Wildman–Crippen LogP) is 6.91. The van der Waals surface area contributed by atoms with E-state index in [9.17, 15) is 0 Å². The maximum Gasteiger partial charge on any atom is 0.0334 e. The molecule has 0 aromatic rings. The summed E-state index contributed by atoms with van der Waals surface area (Å²) in [5.41, 5.74) is 1.38. The molecule has 2 aliphatic rings. The molecule has 0 amide bonds. The van der Waals surface area contributed by atoms with Crippen LogP contribution >= 0.6 is 0 Å². The Kier molecular flexibility index (Phi) is 8.98. The van der Waals surface area contributed by atoms with Gasteiger partial charge in [0.15, 0.2) is 0 Å². The Morgan fingerprint density at radius 2 is 1.23 bits per heavy atom. The Morgan fingerprint density at radius 3 is 1.68 bits per heavy atom. The summed E-state index contributed by atoms with van der Waals surface area (Å²) in [4.78, 5) is 7.79. The second-order valence-corrected chi connectivity index (χ2v) is 13.5. The third-order valence-corrected chi connectivity index (χ3v) is 10.1. The van der Waals surface area contributed by atoms with Gasteiger partial charge in [-0.15, -0.1) is 0 Å². The Morgan fingerprint density at radius 1 is 0.710 bits per heavy atom. The van der Waals surface area contributed by atoms with Gasteiger partial charge in [0, 0.05) is 34.2 Å². The highest BCUT2D eigenvalue weighted by Crippen LogP contribution is 2.45. The highest BCUT2D eigenvalue weighted by molar-refractivity contribution is 5.11. The molecule has 2 unspecified atom stereocenters. The Bertz CT molecular complexity index is 573. The zero-order valence-electron chi connectivity index (χ0n) is 24.2. The van der Waals surface area contributed by atoms with Gasteiger partial charge in [-0.2, -0.15) is 0 Å². The summed E-state index contributed by atoms with van der Waals surface area (Å²) >= 11 is 0. The van der Waals surface area contributed by atoms with Crippen molar-refractivity contribution in [1.82, 2.24) is 14.7 Å². The molecule has 0 aliphatic carbocycles. The molecule has 2 rings (SSSR count). The van der Waals surface area contributed by atoms with E-state index in [4.69, 9.17) is 0 Å². The fraction of sp³-hybridized carbons (Fsp3) is 1.00. The van der Waals surface area contributed by atoms with E-state index in [2.05, 4.69) is 119 Å². The van der Waals surface area contributed by atoms with Crippen LogP contribution in [0.5, 0.6) is 0 Å². The molecule has 2 heterocycles. The zero-order valence-corrected chi connectivity index (χ0v) is 24.2. The number of likely N-dealkylation sites (N-methyl/N-ethyl adjacent to an activating group) is 1. The molecule has 31 heavy (non-hydrogen) atoms. The summed E-state index contributed by atoms with van der Waals surface area (Å²) in [6.07, 6.45) is 5.30. The van der Waals surface area contributed by atoms with E-state index in [-0.39, 0.29) is 16.6 Å². The molecule has 0 N–H and O–H groups in total. The van der Waals surface area contributed by atoms with E-state index in [1.807, 2.05) is 0 Å². The minimum absolute atomic E-state index is 0.198. The third kappa shape index (κ3) is 5.52. The van der Waals surface area contributed by atoms with Gasteiger partial charge >= 0.3 is 0 Å². The summed E-state index contributed by atoms with van der Waals surface area (Å²) < 4.78 is 0. The molecule has 0 aromatic carbocycles. The summed E-state index contributed by atoms with van der Waals surface area (Å²) in [6.45, 7) is 33.2. The van der Waals surface area contributed by atoms with Crippen molar-refractivity contribution in [1.29, 1.82) is 0 Å². The third-order valence-electron chi connectivity index (χ3n) is 10.1. The highest BCUT2D eigenvalue weighted by atomic mass is 15.4. The van der Waals surface area contributed by atoms with Crippen molar-refractivity contribution in [3.8, 4) is 0 Å². The van der Waals surface area contributed by atoms with Crippen molar-refractivity contribution in [3.63, 3.8) is 0 Å². The molecule has 3 heteroatoms. The quantitative estimate of drug-likeness (QED) is 0.473. The first-order valence-electron chi connectivity index (χ1n) is 13.0. The molecule has 2 atom stereocenters. The summed E-state index contributed by atoms with van der Waals surface area (Å²) in [5, 5.41) is 0. The van der Waals surface area contributed by atoms with Crippen molar-refractivity contribution in [3.05, 3.63) is 0 Å². The van der Waals surface area contributed by atoms with Gasteiger partial charge in [-0.1, -0.05) is 33.6 Å². The maximum absolute atomic E-state index is 2.66. The van der Waals surface area contributed by atoms with Crippen LogP contribution in [-0.2, 0) is 0 Å². The van der Waals surface area contributed by atoms with Gasteiger partial charge in [0.1, 0.15) is 0 Å². The SMILES string of the molecule is CCCC1CC(C)(C)N(C)C(C)(C)C1C.CCCN1CC(C)(C)N(C)C(C)(C)C1(C)C. The lowest BCUT2D eigenvalue weighted by atomic mass is 9.66. The van der Waals surface area contributed by atoms with E-state index in [1.165, 1.54) is 32.2 Å². The Balaban J connectivity index is 0.000000311. The number of piperazine rings is 1. The molecule has 0 bridgehead atoms. The second-order valence-electron chi connectivity index (χ2n) is 13.5. The molecule has 2 saturated heterocycles. The van der Waals surface area contributed by atoms with Gasteiger partial charge in [0.2, 0.25) is 0 Å². The molecule has 0 spiro atoms. The standard InChI is InChI=1S/C14H30N2.C14H29N/c1-9-10-16-11-12(2,3)15(8)13(4,5)14(16,6)7;1-8-9-12-10-13(3,4)15(7)14(5,6)11(12)2/h9-11H2,1-8H3;11-12H,8-10H2,1-7H3. The molecule has 3 nitrogen and oxygen atoms in total. The average molecular weight is 438 g/mol. The van der Waals surface area contributed by atoms with Crippen LogP contribution in [0.4, 0.5) is 0 Å². The molecule has 186 valence electrons. The second kappa shape index (κ2) is 9.63. The van der Waals surface area contributed by atoms with Crippen molar-refractivity contribution < 1.29 is 0 Å².